The summed E-state index contributed by atoms with van der Waals surface area (Å²) in [5.74, 6) is -0.818. The Labute approximate surface area is 140 Å². The molecule has 1 saturated heterocycles. The zero-order chi connectivity index (χ0) is 17.6. The maximum atomic E-state index is 12.5. The van der Waals surface area contributed by atoms with Crippen LogP contribution in [0, 0.1) is 0 Å². The van der Waals surface area contributed by atoms with Gasteiger partial charge in [0.2, 0.25) is 0 Å². The van der Waals surface area contributed by atoms with Crippen molar-refractivity contribution in [3.63, 3.8) is 0 Å². The van der Waals surface area contributed by atoms with Crippen LogP contribution in [0.15, 0.2) is 24.3 Å². The molecule has 0 aromatic heterocycles. The molecular weight excluding hydrogens is 314 g/mol. The molecule has 0 bridgehead atoms. The molecule has 7 nitrogen and oxygen atoms in total. The van der Waals surface area contributed by atoms with E-state index >= 15 is 0 Å². The highest BCUT2D eigenvalue weighted by atomic mass is 16.5. The van der Waals surface area contributed by atoms with Crippen LogP contribution in [0.5, 0.6) is 5.75 Å². The zero-order valence-corrected chi connectivity index (χ0v) is 13.7. The SMILES string of the molecule is COCCCOc1cccc(C(=O)N2CCC(O)(C(=O)O)CC2)c1. The van der Waals surface area contributed by atoms with Crippen LogP contribution < -0.4 is 4.74 Å². The number of carboxylic acids is 1. The number of aliphatic carboxylic acids is 1. The predicted molar refractivity (Wildman–Crippen MR) is 86.2 cm³/mol. The third-order valence-electron chi connectivity index (χ3n) is 4.12. The summed E-state index contributed by atoms with van der Waals surface area (Å²) in [7, 11) is 1.63. The Hall–Kier alpha value is -2.12. The van der Waals surface area contributed by atoms with E-state index in [4.69, 9.17) is 14.6 Å². The average Bonchev–Trinajstić information content (AvgIpc) is 2.59. The van der Waals surface area contributed by atoms with Crippen LogP contribution in [0.4, 0.5) is 0 Å². The van der Waals surface area contributed by atoms with Crippen molar-refractivity contribution in [2.45, 2.75) is 24.9 Å². The first kappa shape index (κ1) is 18.2. The van der Waals surface area contributed by atoms with Gasteiger partial charge in [-0.1, -0.05) is 6.07 Å². The quantitative estimate of drug-likeness (QED) is 0.725. The molecule has 2 N–H and O–H groups in total. The Bertz CT molecular complexity index is 580. The van der Waals surface area contributed by atoms with Crippen molar-refractivity contribution in [1.29, 1.82) is 0 Å². The van der Waals surface area contributed by atoms with Crippen LogP contribution in [0.25, 0.3) is 0 Å². The van der Waals surface area contributed by atoms with Crippen molar-refractivity contribution < 1.29 is 29.3 Å². The lowest BCUT2D eigenvalue weighted by atomic mass is 9.91. The van der Waals surface area contributed by atoms with Crippen molar-refractivity contribution in [1.82, 2.24) is 4.90 Å². The summed E-state index contributed by atoms with van der Waals surface area (Å²) < 4.78 is 10.5. The molecule has 2 rings (SSSR count). The molecule has 1 fully saturated rings. The van der Waals surface area contributed by atoms with E-state index in [0.29, 0.717) is 24.5 Å². The van der Waals surface area contributed by atoms with Gasteiger partial charge in [-0.25, -0.2) is 4.79 Å². The minimum atomic E-state index is -1.73. The van der Waals surface area contributed by atoms with Crippen molar-refractivity contribution in [2.24, 2.45) is 0 Å². The van der Waals surface area contributed by atoms with Crippen molar-refractivity contribution >= 4 is 11.9 Å². The van der Waals surface area contributed by atoms with E-state index in [1.54, 1.807) is 36.3 Å². The summed E-state index contributed by atoms with van der Waals surface area (Å²) in [6.07, 6.45) is 0.817. The molecular formula is C17H23NO6. The molecule has 0 unspecified atom stereocenters. The number of ether oxygens (including phenoxy) is 2. The smallest absolute Gasteiger partial charge is 0.335 e. The number of hydrogen-bond acceptors (Lipinski definition) is 5. The number of carboxylic acid groups (broad SMARTS) is 1. The summed E-state index contributed by atoms with van der Waals surface area (Å²) in [5.41, 5.74) is -1.25. The lowest BCUT2D eigenvalue weighted by Gasteiger charge is -2.35. The molecule has 7 heteroatoms. The normalized spacial score (nSPS) is 16.7. The van der Waals surface area contributed by atoms with Crippen LogP contribution in [-0.4, -0.2) is 66.0 Å². The monoisotopic (exact) mass is 337 g/mol. The van der Waals surface area contributed by atoms with Gasteiger partial charge in [0.05, 0.1) is 6.61 Å². The third kappa shape index (κ3) is 4.46. The van der Waals surface area contributed by atoms with Gasteiger partial charge in [-0.2, -0.15) is 0 Å². The van der Waals surface area contributed by atoms with Crippen molar-refractivity contribution in [3.8, 4) is 5.75 Å². The number of hydrogen-bond donors (Lipinski definition) is 2. The van der Waals surface area contributed by atoms with E-state index in [-0.39, 0.29) is 31.8 Å². The second kappa shape index (κ2) is 8.12. The van der Waals surface area contributed by atoms with Gasteiger partial charge in [0.15, 0.2) is 5.60 Å². The molecule has 1 aliphatic rings. The van der Waals surface area contributed by atoms with Crippen LogP contribution in [0.1, 0.15) is 29.6 Å². The first-order valence-corrected chi connectivity index (χ1v) is 7.93. The second-order valence-corrected chi connectivity index (χ2v) is 5.85. The summed E-state index contributed by atoms with van der Waals surface area (Å²) in [4.78, 5) is 25.1. The lowest BCUT2D eigenvalue weighted by molar-refractivity contribution is -0.162. The molecule has 132 valence electrons. The van der Waals surface area contributed by atoms with Gasteiger partial charge >= 0.3 is 5.97 Å². The van der Waals surface area contributed by atoms with Crippen LogP contribution >= 0.6 is 0 Å². The number of carbonyl (C=O) groups is 2. The summed E-state index contributed by atoms with van der Waals surface area (Å²) in [6, 6.07) is 6.90. The van der Waals surface area contributed by atoms with Crippen LogP contribution in [-0.2, 0) is 9.53 Å². The number of aliphatic hydroxyl groups is 1. The van der Waals surface area contributed by atoms with Gasteiger partial charge in [0.25, 0.3) is 5.91 Å². The molecule has 1 amide bonds. The minimum absolute atomic E-state index is 0.0290. The van der Waals surface area contributed by atoms with Gasteiger partial charge in [0.1, 0.15) is 5.75 Å². The number of benzene rings is 1. The highest BCUT2D eigenvalue weighted by Crippen LogP contribution is 2.24. The fourth-order valence-corrected chi connectivity index (χ4v) is 2.59. The topological polar surface area (TPSA) is 96.3 Å². The lowest BCUT2D eigenvalue weighted by Crippen LogP contribution is -2.50. The first-order chi connectivity index (χ1) is 11.5. The molecule has 0 saturated carbocycles. The van der Waals surface area contributed by atoms with E-state index in [0.717, 1.165) is 6.42 Å². The van der Waals surface area contributed by atoms with Gasteiger partial charge in [-0.05, 0) is 18.2 Å². The van der Waals surface area contributed by atoms with Gasteiger partial charge in [-0.3, -0.25) is 4.79 Å². The fraction of sp³-hybridized carbons (Fsp3) is 0.529. The first-order valence-electron chi connectivity index (χ1n) is 7.93. The molecule has 1 aromatic carbocycles. The zero-order valence-electron chi connectivity index (χ0n) is 13.7. The number of methoxy groups -OCH3 is 1. The number of nitrogens with zero attached hydrogens (tertiary/aromatic N) is 1. The van der Waals surface area contributed by atoms with E-state index < -0.39 is 11.6 Å². The molecule has 1 heterocycles. The van der Waals surface area contributed by atoms with Gasteiger partial charge < -0.3 is 24.6 Å². The summed E-state index contributed by atoms with van der Waals surface area (Å²) in [6.45, 7) is 1.53. The molecule has 0 radical (unpaired) electrons. The molecule has 1 aliphatic heterocycles. The summed E-state index contributed by atoms with van der Waals surface area (Å²) in [5, 5.41) is 19.0. The Kier molecular flexibility index (Phi) is 6.16. The van der Waals surface area contributed by atoms with E-state index in [1.165, 1.54) is 0 Å². The molecule has 0 spiro atoms. The fourth-order valence-electron chi connectivity index (χ4n) is 2.59. The molecule has 0 atom stereocenters. The highest BCUT2D eigenvalue weighted by Gasteiger charge is 2.40. The Morgan fingerprint density at radius 3 is 2.58 bits per heavy atom. The van der Waals surface area contributed by atoms with E-state index in [9.17, 15) is 14.7 Å². The predicted octanol–water partition coefficient (Wildman–Crippen LogP) is 1.15. The van der Waals surface area contributed by atoms with Crippen LogP contribution in [0.2, 0.25) is 0 Å². The molecule has 0 aliphatic carbocycles. The number of piperidine rings is 1. The van der Waals surface area contributed by atoms with Crippen molar-refractivity contribution in [3.05, 3.63) is 29.8 Å². The standard InChI is InChI=1S/C17H23NO6/c1-23-10-3-11-24-14-5-2-4-13(12-14)15(19)18-8-6-17(22,7-9-18)16(20)21/h2,4-5,12,22H,3,6-11H2,1H3,(H,20,21). The summed E-state index contributed by atoms with van der Waals surface area (Å²) >= 11 is 0. The number of rotatable bonds is 7. The third-order valence-corrected chi connectivity index (χ3v) is 4.12. The number of amides is 1. The van der Waals surface area contributed by atoms with Crippen molar-refractivity contribution in [2.75, 3.05) is 33.4 Å². The van der Waals surface area contributed by atoms with E-state index in [1.807, 2.05) is 0 Å². The highest BCUT2D eigenvalue weighted by molar-refractivity contribution is 5.94. The number of carbonyl (C=O) groups excluding carboxylic acids is 1. The Morgan fingerprint density at radius 1 is 1.25 bits per heavy atom. The largest absolute Gasteiger partial charge is 0.493 e. The molecule has 1 aromatic rings. The second-order valence-electron chi connectivity index (χ2n) is 5.85. The number of likely N-dealkylation sites (tertiary alicyclic amines) is 1. The Balaban J connectivity index is 1.94. The maximum Gasteiger partial charge on any atom is 0.335 e. The van der Waals surface area contributed by atoms with Gasteiger partial charge in [0, 0.05) is 51.6 Å². The maximum absolute atomic E-state index is 12.5. The molecule has 24 heavy (non-hydrogen) atoms. The van der Waals surface area contributed by atoms with E-state index in [2.05, 4.69) is 0 Å². The van der Waals surface area contributed by atoms with Gasteiger partial charge in [-0.15, -0.1) is 0 Å². The minimum Gasteiger partial charge on any atom is -0.493 e. The Morgan fingerprint density at radius 2 is 1.96 bits per heavy atom. The van der Waals surface area contributed by atoms with Crippen LogP contribution in [0.3, 0.4) is 0 Å². The average molecular weight is 337 g/mol.